The summed E-state index contributed by atoms with van der Waals surface area (Å²) in [6.07, 6.45) is 3.86. The summed E-state index contributed by atoms with van der Waals surface area (Å²) in [5.41, 5.74) is 1.90. The van der Waals surface area contributed by atoms with E-state index in [0.717, 1.165) is 11.8 Å². The fourth-order valence-electron chi connectivity index (χ4n) is 1.46. The van der Waals surface area contributed by atoms with Gasteiger partial charge in [-0.3, -0.25) is 4.79 Å². The van der Waals surface area contributed by atoms with Crippen LogP contribution in [0.3, 0.4) is 0 Å². The number of fused-ring (bicyclic) bond motifs is 1. The van der Waals surface area contributed by atoms with Gasteiger partial charge in [-0.05, 0) is 0 Å². The lowest BCUT2D eigenvalue weighted by molar-refractivity contribution is 0.112. The van der Waals surface area contributed by atoms with Crippen molar-refractivity contribution >= 4 is 17.3 Å². The zero-order valence-corrected chi connectivity index (χ0v) is 7.89. The maximum atomic E-state index is 10.7. The molecule has 0 amide bonds. The second-order valence-corrected chi connectivity index (χ2v) is 2.89. The van der Waals surface area contributed by atoms with Crippen molar-refractivity contribution in [1.82, 2.24) is 14.5 Å². The highest BCUT2D eigenvalue weighted by molar-refractivity contribution is 5.96. The van der Waals surface area contributed by atoms with Gasteiger partial charge in [0.25, 0.3) is 0 Å². The van der Waals surface area contributed by atoms with E-state index in [1.165, 1.54) is 13.4 Å². The highest BCUT2D eigenvalue weighted by Gasteiger charge is 2.12. The van der Waals surface area contributed by atoms with Crippen molar-refractivity contribution in [3.05, 3.63) is 18.1 Å². The highest BCUT2D eigenvalue weighted by atomic mass is 16.5. The maximum absolute atomic E-state index is 10.7. The SMILES string of the molecule is COc1ncnc2c(C=O)cn(C)c12. The molecule has 0 bridgehead atoms. The number of methoxy groups -OCH3 is 1. The van der Waals surface area contributed by atoms with E-state index in [4.69, 9.17) is 4.74 Å². The van der Waals surface area contributed by atoms with Gasteiger partial charge < -0.3 is 9.30 Å². The largest absolute Gasteiger partial charge is 0.479 e. The van der Waals surface area contributed by atoms with Crippen LogP contribution in [0.4, 0.5) is 0 Å². The van der Waals surface area contributed by atoms with Gasteiger partial charge in [0.2, 0.25) is 5.88 Å². The third kappa shape index (κ3) is 1.06. The molecule has 0 spiro atoms. The second kappa shape index (κ2) is 3.10. The summed E-state index contributed by atoms with van der Waals surface area (Å²) in [5, 5.41) is 0. The van der Waals surface area contributed by atoms with Gasteiger partial charge in [0.05, 0.1) is 12.7 Å². The number of aldehydes is 1. The summed E-state index contributed by atoms with van der Waals surface area (Å²) >= 11 is 0. The molecule has 14 heavy (non-hydrogen) atoms. The third-order valence-corrected chi connectivity index (χ3v) is 2.07. The molecule has 2 aromatic rings. The smallest absolute Gasteiger partial charge is 0.241 e. The van der Waals surface area contributed by atoms with E-state index in [9.17, 15) is 4.79 Å². The minimum Gasteiger partial charge on any atom is -0.479 e. The number of nitrogens with zero attached hydrogens (tertiary/aromatic N) is 3. The number of rotatable bonds is 2. The Hall–Kier alpha value is -1.91. The van der Waals surface area contributed by atoms with E-state index < -0.39 is 0 Å². The number of aryl methyl sites for hydroxylation is 1. The zero-order valence-electron chi connectivity index (χ0n) is 7.89. The van der Waals surface area contributed by atoms with E-state index in [1.807, 2.05) is 7.05 Å². The molecule has 0 saturated carbocycles. The lowest BCUT2D eigenvalue weighted by atomic mass is 10.3. The van der Waals surface area contributed by atoms with Crippen LogP contribution in [0, 0.1) is 0 Å². The van der Waals surface area contributed by atoms with Gasteiger partial charge in [-0.2, -0.15) is 4.98 Å². The lowest BCUT2D eigenvalue weighted by Crippen LogP contribution is -1.94. The summed E-state index contributed by atoms with van der Waals surface area (Å²) in [4.78, 5) is 18.7. The Morgan fingerprint density at radius 1 is 1.50 bits per heavy atom. The summed E-state index contributed by atoms with van der Waals surface area (Å²) in [6, 6.07) is 0. The Balaban J connectivity index is 2.87. The van der Waals surface area contributed by atoms with Gasteiger partial charge in [0.1, 0.15) is 17.4 Å². The van der Waals surface area contributed by atoms with Gasteiger partial charge in [-0.15, -0.1) is 0 Å². The summed E-state index contributed by atoms with van der Waals surface area (Å²) in [7, 11) is 3.36. The zero-order chi connectivity index (χ0) is 10.1. The van der Waals surface area contributed by atoms with E-state index in [1.54, 1.807) is 10.8 Å². The van der Waals surface area contributed by atoms with Crippen molar-refractivity contribution in [3.8, 4) is 5.88 Å². The lowest BCUT2D eigenvalue weighted by Gasteiger charge is -2.01. The summed E-state index contributed by atoms with van der Waals surface area (Å²) < 4.78 is 6.85. The first-order chi connectivity index (χ1) is 6.77. The number of carbonyl (C=O) groups is 1. The molecule has 2 heterocycles. The topological polar surface area (TPSA) is 57.0 Å². The number of carbonyl (C=O) groups excluding carboxylic acids is 1. The number of aromatic nitrogens is 3. The quantitative estimate of drug-likeness (QED) is 0.658. The molecular formula is C9H9N3O2. The van der Waals surface area contributed by atoms with Crippen LogP contribution in [-0.4, -0.2) is 27.9 Å². The van der Waals surface area contributed by atoms with Crippen LogP contribution < -0.4 is 4.74 Å². The Morgan fingerprint density at radius 3 is 2.93 bits per heavy atom. The van der Waals surface area contributed by atoms with Gasteiger partial charge in [0.15, 0.2) is 6.29 Å². The van der Waals surface area contributed by atoms with Gasteiger partial charge in [-0.25, -0.2) is 4.98 Å². The molecule has 0 saturated heterocycles. The molecular weight excluding hydrogens is 182 g/mol. The van der Waals surface area contributed by atoms with Crippen LogP contribution in [0.25, 0.3) is 11.0 Å². The molecule has 5 heteroatoms. The Kier molecular flexibility index (Phi) is 1.92. The van der Waals surface area contributed by atoms with E-state index in [-0.39, 0.29) is 0 Å². The van der Waals surface area contributed by atoms with Gasteiger partial charge in [0, 0.05) is 13.2 Å². The van der Waals surface area contributed by atoms with E-state index in [2.05, 4.69) is 9.97 Å². The van der Waals surface area contributed by atoms with Crippen LogP contribution in [0.2, 0.25) is 0 Å². The monoisotopic (exact) mass is 191 g/mol. The Bertz CT molecular complexity index is 490. The first-order valence-electron chi connectivity index (χ1n) is 4.07. The van der Waals surface area contributed by atoms with Crippen molar-refractivity contribution < 1.29 is 9.53 Å². The predicted octanol–water partition coefficient (Wildman–Crippen LogP) is 0.789. The van der Waals surface area contributed by atoms with E-state index >= 15 is 0 Å². The molecule has 0 unspecified atom stereocenters. The Labute approximate surface area is 80.3 Å². The number of ether oxygens (including phenoxy) is 1. The van der Waals surface area contributed by atoms with Crippen LogP contribution in [0.1, 0.15) is 10.4 Å². The van der Waals surface area contributed by atoms with Crippen molar-refractivity contribution in [1.29, 1.82) is 0 Å². The maximum Gasteiger partial charge on any atom is 0.241 e. The van der Waals surface area contributed by atoms with Crippen molar-refractivity contribution in [2.24, 2.45) is 7.05 Å². The molecule has 0 aliphatic rings. The number of hydrogen-bond acceptors (Lipinski definition) is 4. The molecule has 0 N–H and O–H groups in total. The third-order valence-electron chi connectivity index (χ3n) is 2.07. The first-order valence-corrected chi connectivity index (χ1v) is 4.07. The molecule has 0 atom stereocenters. The summed E-state index contributed by atoms with van der Waals surface area (Å²) in [6.45, 7) is 0. The summed E-state index contributed by atoms with van der Waals surface area (Å²) in [5.74, 6) is 0.477. The second-order valence-electron chi connectivity index (χ2n) is 2.89. The molecule has 0 aromatic carbocycles. The average Bonchev–Trinajstić information content (AvgIpc) is 2.55. The molecule has 2 rings (SSSR count). The highest BCUT2D eigenvalue weighted by Crippen LogP contribution is 2.23. The molecule has 5 nitrogen and oxygen atoms in total. The molecule has 72 valence electrons. The standard InChI is InChI=1S/C9H9N3O2/c1-12-3-6(4-13)7-8(12)9(14-2)11-5-10-7/h3-5H,1-2H3. The van der Waals surface area contributed by atoms with Gasteiger partial charge in [-0.1, -0.05) is 0 Å². The first kappa shape index (κ1) is 8.68. The molecule has 0 radical (unpaired) electrons. The van der Waals surface area contributed by atoms with Crippen LogP contribution in [0.15, 0.2) is 12.5 Å². The minimum atomic E-state index is 0.477. The molecule has 0 fully saturated rings. The predicted molar refractivity (Wildman–Crippen MR) is 50.4 cm³/mol. The average molecular weight is 191 g/mol. The molecule has 0 aliphatic heterocycles. The van der Waals surface area contributed by atoms with Crippen LogP contribution >= 0.6 is 0 Å². The minimum absolute atomic E-state index is 0.477. The van der Waals surface area contributed by atoms with Crippen molar-refractivity contribution in [2.45, 2.75) is 0 Å². The molecule has 0 aliphatic carbocycles. The van der Waals surface area contributed by atoms with Gasteiger partial charge >= 0.3 is 0 Å². The normalized spacial score (nSPS) is 10.4. The fourth-order valence-corrected chi connectivity index (χ4v) is 1.46. The molecule has 2 aromatic heterocycles. The number of hydrogen-bond donors (Lipinski definition) is 0. The van der Waals surface area contributed by atoms with Crippen LogP contribution in [-0.2, 0) is 7.05 Å². The van der Waals surface area contributed by atoms with Crippen molar-refractivity contribution in [2.75, 3.05) is 7.11 Å². The van der Waals surface area contributed by atoms with Crippen molar-refractivity contribution in [3.63, 3.8) is 0 Å². The fraction of sp³-hybridized carbons (Fsp3) is 0.222. The van der Waals surface area contributed by atoms with Crippen LogP contribution in [0.5, 0.6) is 5.88 Å². The Morgan fingerprint density at radius 2 is 2.29 bits per heavy atom. The van der Waals surface area contributed by atoms with E-state index in [0.29, 0.717) is 17.0 Å².